The van der Waals surface area contributed by atoms with Crippen molar-refractivity contribution in [3.63, 3.8) is 0 Å². The van der Waals surface area contributed by atoms with E-state index in [0.717, 1.165) is 25.9 Å². The Hall–Kier alpha value is 2.20. The van der Waals surface area contributed by atoms with Gasteiger partial charge in [-0.05, 0) is 0 Å². The molecule has 0 N–H and O–H groups in total. The molecule has 6 heteroatoms. The van der Waals surface area contributed by atoms with Crippen LogP contribution in [0.5, 0.6) is 0 Å². The van der Waals surface area contributed by atoms with Gasteiger partial charge in [0.1, 0.15) is 0 Å². The van der Waals surface area contributed by atoms with Gasteiger partial charge in [-0.3, -0.25) is 0 Å². The van der Waals surface area contributed by atoms with E-state index < -0.39 is 0 Å². The van der Waals surface area contributed by atoms with Gasteiger partial charge >= 0.3 is 127 Å². The summed E-state index contributed by atoms with van der Waals surface area (Å²) in [5.41, 5.74) is 0. The number of hydrogen-bond donors (Lipinski definition) is 0. The van der Waals surface area contributed by atoms with E-state index in [0.29, 0.717) is 4.15 Å². The zero-order chi connectivity index (χ0) is 10.8. The average Bonchev–Trinajstić information content (AvgIpc) is 3.17. The van der Waals surface area contributed by atoms with E-state index in [1.165, 1.54) is 22.4 Å². The Bertz CT molecular complexity index is 215. The van der Waals surface area contributed by atoms with Crippen molar-refractivity contribution in [2.24, 2.45) is 0 Å². The van der Waals surface area contributed by atoms with Crippen LogP contribution >= 0.6 is 23.5 Å². The first kappa shape index (κ1) is 13.2. The third-order valence-corrected chi connectivity index (χ3v) is 14.6. The molecule has 0 aliphatic carbocycles. The first-order valence-electron chi connectivity index (χ1n) is 5.63. The van der Waals surface area contributed by atoms with Crippen molar-refractivity contribution >= 4 is 65.4 Å². The van der Waals surface area contributed by atoms with Crippen molar-refractivity contribution in [3.8, 4) is 0 Å². The van der Waals surface area contributed by atoms with Crippen LogP contribution in [0.4, 0.5) is 0 Å². The van der Waals surface area contributed by atoms with Gasteiger partial charge in [0, 0.05) is 0 Å². The van der Waals surface area contributed by atoms with Crippen LogP contribution in [0.3, 0.4) is 0 Å². The van der Waals surface area contributed by atoms with Crippen molar-refractivity contribution in [1.82, 2.24) is 0 Å². The molecule has 4 unspecified atom stereocenters. The molecule has 3 heterocycles. The molecule has 0 amide bonds. The summed E-state index contributed by atoms with van der Waals surface area (Å²) in [5.74, 6) is 2.67. The number of thioether (sulfide) groups is 2. The third-order valence-electron chi connectivity index (χ3n) is 2.56. The van der Waals surface area contributed by atoms with Crippen LogP contribution in [0.15, 0.2) is 0 Å². The van der Waals surface area contributed by atoms with Gasteiger partial charge in [-0.2, -0.15) is 0 Å². The standard InChI is InChI=1S/C10H16O2S2Te2/c1-2-15-10(12-4-8-6-14-8)16-9(1)11-3-7-5-13-7/h7-10H,1-6H2. The molecule has 3 rings (SSSR count). The fraction of sp³-hybridized carbons (Fsp3) is 1.00. The zero-order valence-electron chi connectivity index (χ0n) is 9.00. The van der Waals surface area contributed by atoms with E-state index in [1.54, 1.807) is 0 Å². The van der Waals surface area contributed by atoms with Crippen LogP contribution in [0.2, 0.25) is 4.47 Å². The predicted octanol–water partition coefficient (Wildman–Crippen LogP) is 1.09. The van der Waals surface area contributed by atoms with Crippen LogP contribution in [-0.2, 0) is 9.47 Å². The van der Waals surface area contributed by atoms with Crippen LogP contribution < -0.4 is 0 Å². The van der Waals surface area contributed by atoms with Crippen LogP contribution in [-0.4, -0.2) is 83.4 Å². The van der Waals surface area contributed by atoms with Crippen LogP contribution in [0, 0.1) is 0 Å². The molecule has 0 aromatic heterocycles. The Morgan fingerprint density at radius 2 is 1.75 bits per heavy atom. The molecule has 0 saturated carbocycles. The van der Waals surface area contributed by atoms with Gasteiger partial charge in [0.2, 0.25) is 0 Å². The maximum atomic E-state index is 6.07. The molecule has 3 saturated heterocycles. The molecule has 3 aliphatic rings. The van der Waals surface area contributed by atoms with E-state index in [-0.39, 0.29) is 41.8 Å². The third kappa shape index (κ3) is 4.71. The second kappa shape index (κ2) is 6.58. The molecule has 3 fully saturated rings. The zero-order valence-corrected chi connectivity index (χ0v) is 15.3. The van der Waals surface area contributed by atoms with E-state index in [1.807, 2.05) is 23.5 Å². The normalized spacial score (nSPS) is 42.0. The number of hydrogen-bond acceptors (Lipinski definition) is 4. The summed E-state index contributed by atoms with van der Waals surface area (Å²) in [6.07, 6.45) is 1.36. The molecule has 16 heavy (non-hydrogen) atoms. The van der Waals surface area contributed by atoms with Gasteiger partial charge in [-0.15, -0.1) is 0 Å². The SMILES string of the molecule is C1CC(OCC2CS2)[Te]C(OCC2CS2)[Te]1. The summed E-state index contributed by atoms with van der Waals surface area (Å²) < 4.78 is 14.9. The molecule has 0 radical (unpaired) electrons. The Labute approximate surface area is 126 Å². The summed E-state index contributed by atoms with van der Waals surface area (Å²) in [4.78, 5) is 0. The Morgan fingerprint density at radius 3 is 2.44 bits per heavy atom. The van der Waals surface area contributed by atoms with Crippen molar-refractivity contribution in [2.45, 2.75) is 27.7 Å². The maximum absolute atomic E-state index is 6.07. The molecule has 3 aliphatic heterocycles. The van der Waals surface area contributed by atoms with E-state index in [9.17, 15) is 0 Å². The van der Waals surface area contributed by atoms with E-state index in [2.05, 4.69) is 0 Å². The molecule has 4 atom stereocenters. The predicted molar refractivity (Wildman–Crippen MR) is 72.9 cm³/mol. The topological polar surface area (TPSA) is 18.5 Å². The van der Waals surface area contributed by atoms with Gasteiger partial charge in [0.25, 0.3) is 0 Å². The Kier molecular flexibility index (Phi) is 5.42. The number of ether oxygens (including phenoxy) is 2. The summed E-state index contributed by atoms with van der Waals surface area (Å²) >= 11 is 4.25. The summed E-state index contributed by atoms with van der Waals surface area (Å²) in [7, 11) is 0. The second-order valence-corrected chi connectivity index (χ2v) is 16.5. The molecule has 0 aromatic carbocycles. The quantitative estimate of drug-likeness (QED) is 0.413. The summed E-state index contributed by atoms with van der Waals surface area (Å²) in [6.45, 7) is 2.06. The van der Waals surface area contributed by atoms with Gasteiger partial charge in [0.05, 0.1) is 0 Å². The van der Waals surface area contributed by atoms with E-state index in [4.69, 9.17) is 9.47 Å². The second-order valence-electron chi connectivity index (χ2n) is 4.09. The molecule has 2 nitrogen and oxygen atoms in total. The van der Waals surface area contributed by atoms with Crippen molar-refractivity contribution < 1.29 is 9.47 Å². The molecular weight excluding hydrogens is 471 g/mol. The fourth-order valence-corrected chi connectivity index (χ4v) is 14.0. The molecule has 0 aromatic rings. The Morgan fingerprint density at radius 1 is 1.06 bits per heavy atom. The van der Waals surface area contributed by atoms with Gasteiger partial charge in [0.15, 0.2) is 0 Å². The van der Waals surface area contributed by atoms with Crippen molar-refractivity contribution in [3.05, 3.63) is 0 Å². The first-order chi connectivity index (χ1) is 7.90. The van der Waals surface area contributed by atoms with Crippen molar-refractivity contribution in [2.75, 3.05) is 24.7 Å². The summed E-state index contributed by atoms with van der Waals surface area (Å²) in [6, 6.07) is 0. The minimum atomic E-state index is -0.0165. The van der Waals surface area contributed by atoms with Gasteiger partial charge in [-0.1, -0.05) is 0 Å². The minimum absolute atomic E-state index is 0.0165. The van der Waals surface area contributed by atoms with Gasteiger partial charge < -0.3 is 0 Å². The van der Waals surface area contributed by atoms with Crippen molar-refractivity contribution in [1.29, 1.82) is 0 Å². The Balaban J connectivity index is 1.34. The fourth-order valence-electron chi connectivity index (χ4n) is 1.43. The van der Waals surface area contributed by atoms with Crippen LogP contribution in [0.25, 0.3) is 0 Å². The molecule has 0 bridgehead atoms. The molecule has 92 valence electrons. The molecular formula is C10H16O2S2Te2. The number of rotatable bonds is 6. The first-order valence-corrected chi connectivity index (χ1v) is 13.4. The monoisotopic (exact) mass is 492 g/mol. The van der Waals surface area contributed by atoms with E-state index >= 15 is 0 Å². The molecule has 0 spiro atoms. The van der Waals surface area contributed by atoms with Gasteiger partial charge in [-0.25, -0.2) is 0 Å². The van der Waals surface area contributed by atoms with Crippen LogP contribution in [0.1, 0.15) is 6.42 Å². The summed E-state index contributed by atoms with van der Waals surface area (Å²) in [5, 5.41) is 1.69. The average molecular weight is 488 g/mol.